The van der Waals surface area contributed by atoms with Gasteiger partial charge in [0, 0.05) is 5.33 Å². The molecule has 7 heavy (non-hydrogen) atoms. The summed E-state index contributed by atoms with van der Waals surface area (Å²) in [5.41, 5.74) is 1.42. The SMILES string of the molecule is CC/C=C(/C)CBr. The van der Waals surface area contributed by atoms with Crippen LogP contribution in [0.25, 0.3) is 0 Å². The van der Waals surface area contributed by atoms with E-state index in [-0.39, 0.29) is 0 Å². The predicted molar refractivity (Wildman–Crippen MR) is 37.8 cm³/mol. The Kier molecular flexibility index (Phi) is 4.52. The molecule has 0 aliphatic heterocycles. The molecule has 0 spiro atoms. The Hall–Kier alpha value is 0.220. The second-order valence-corrected chi connectivity index (χ2v) is 2.15. The first-order valence-corrected chi connectivity index (χ1v) is 3.65. The highest BCUT2D eigenvalue weighted by Crippen LogP contribution is 1.97. The Balaban J connectivity index is 3.29. The van der Waals surface area contributed by atoms with Gasteiger partial charge in [-0.1, -0.05) is 34.5 Å². The highest BCUT2D eigenvalue weighted by molar-refractivity contribution is 9.09. The molecule has 0 aliphatic rings. The largest absolute Gasteiger partial charge is 0.0880 e. The van der Waals surface area contributed by atoms with Crippen molar-refractivity contribution in [3.63, 3.8) is 0 Å². The standard InChI is InChI=1S/C6H11Br/c1-3-4-6(2)5-7/h4H,3,5H2,1-2H3/b6-4-. The van der Waals surface area contributed by atoms with Gasteiger partial charge in [-0.3, -0.25) is 0 Å². The number of alkyl halides is 1. The maximum Gasteiger partial charge on any atom is 0.0239 e. The van der Waals surface area contributed by atoms with Crippen LogP contribution in [0.4, 0.5) is 0 Å². The summed E-state index contributed by atoms with van der Waals surface area (Å²) in [6.07, 6.45) is 3.37. The van der Waals surface area contributed by atoms with E-state index in [1.807, 2.05) is 0 Å². The number of halogens is 1. The summed E-state index contributed by atoms with van der Waals surface area (Å²) in [6, 6.07) is 0. The van der Waals surface area contributed by atoms with E-state index in [1.165, 1.54) is 5.57 Å². The van der Waals surface area contributed by atoms with Crippen molar-refractivity contribution in [1.82, 2.24) is 0 Å². The topological polar surface area (TPSA) is 0 Å². The third kappa shape index (κ3) is 4.07. The van der Waals surface area contributed by atoms with Gasteiger partial charge in [-0.2, -0.15) is 0 Å². The van der Waals surface area contributed by atoms with Gasteiger partial charge in [0.2, 0.25) is 0 Å². The van der Waals surface area contributed by atoms with E-state index in [0.29, 0.717) is 0 Å². The smallest absolute Gasteiger partial charge is 0.0239 e. The molecule has 0 nitrogen and oxygen atoms in total. The van der Waals surface area contributed by atoms with E-state index in [2.05, 4.69) is 35.9 Å². The van der Waals surface area contributed by atoms with E-state index in [1.54, 1.807) is 0 Å². The lowest BCUT2D eigenvalue weighted by Crippen LogP contribution is -1.72. The zero-order valence-corrected chi connectivity index (χ0v) is 6.46. The molecule has 0 amide bonds. The number of hydrogen-bond acceptors (Lipinski definition) is 0. The Bertz CT molecular complexity index is 64.6. The van der Waals surface area contributed by atoms with Gasteiger partial charge in [0.1, 0.15) is 0 Å². The first kappa shape index (κ1) is 7.22. The molecule has 0 bridgehead atoms. The third-order valence-corrected chi connectivity index (χ3v) is 1.65. The molecule has 0 fully saturated rings. The van der Waals surface area contributed by atoms with Crippen molar-refractivity contribution >= 4 is 15.9 Å². The molecule has 0 unspecified atom stereocenters. The van der Waals surface area contributed by atoms with Crippen LogP contribution in [-0.4, -0.2) is 5.33 Å². The van der Waals surface area contributed by atoms with Crippen LogP contribution < -0.4 is 0 Å². The van der Waals surface area contributed by atoms with Crippen molar-refractivity contribution in [1.29, 1.82) is 0 Å². The van der Waals surface area contributed by atoms with Crippen molar-refractivity contribution in [3.8, 4) is 0 Å². The average Bonchev–Trinajstić information content (AvgIpc) is 1.68. The zero-order chi connectivity index (χ0) is 5.70. The molecule has 0 aromatic heterocycles. The zero-order valence-electron chi connectivity index (χ0n) is 4.87. The summed E-state index contributed by atoms with van der Waals surface area (Å²) < 4.78 is 0. The van der Waals surface area contributed by atoms with Crippen LogP contribution in [0.3, 0.4) is 0 Å². The molecular formula is C6H11Br. The minimum absolute atomic E-state index is 1.01. The van der Waals surface area contributed by atoms with Crippen LogP contribution in [0.5, 0.6) is 0 Å². The molecule has 0 N–H and O–H groups in total. The van der Waals surface area contributed by atoms with Gasteiger partial charge in [-0.05, 0) is 13.3 Å². The fourth-order valence-electron chi connectivity index (χ4n) is 0.403. The van der Waals surface area contributed by atoms with Crippen LogP contribution in [-0.2, 0) is 0 Å². The Morgan fingerprint density at radius 1 is 1.71 bits per heavy atom. The van der Waals surface area contributed by atoms with Crippen LogP contribution in [0.1, 0.15) is 20.3 Å². The van der Waals surface area contributed by atoms with Crippen molar-refractivity contribution in [2.75, 3.05) is 5.33 Å². The molecular weight excluding hydrogens is 152 g/mol. The lowest BCUT2D eigenvalue weighted by Gasteiger charge is -1.87. The average molecular weight is 163 g/mol. The first-order valence-electron chi connectivity index (χ1n) is 2.52. The van der Waals surface area contributed by atoms with Gasteiger partial charge in [0.05, 0.1) is 0 Å². The highest BCUT2D eigenvalue weighted by atomic mass is 79.9. The molecule has 0 atom stereocenters. The van der Waals surface area contributed by atoms with Crippen LogP contribution in [0, 0.1) is 0 Å². The Morgan fingerprint density at radius 2 is 2.29 bits per heavy atom. The van der Waals surface area contributed by atoms with Gasteiger partial charge in [0.25, 0.3) is 0 Å². The van der Waals surface area contributed by atoms with Gasteiger partial charge in [-0.25, -0.2) is 0 Å². The lowest BCUT2D eigenvalue weighted by molar-refractivity contribution is 1.18. The number of hydrogen-bond donors (Lipinski definition) is 0. The van der Waals surface area contributed by atoms with Gasteiger partial charge in [0.15, 0.2) is 0 Å². The molecule has 0 saturated heterocycles. The summed E-state index contributed by atoms with van der Waals surface area (Å²) in [5, 5.41) is 1.01. The minimum atomic E-state index is 1.01. The summed E-state index contributed by atoms with van der Waals surface area (Å²) >= 11 is 3.35. The first-order chi connectivity index (χ1) is 3.31. The van der Waals surface area contributed by atoms with E-state index in [9.17, 15) is 0 Å². The van der Waals surface area contributed by atoms with Crippen LogP contribution in [0.2, 0.25) is 0 Å². The summed E-state index contributed by atoms with van der Waals surface area (Å²) in [7, 11) is 0. The monoisotopic (exact) mass is 162 g/mol. The molecule has 0 saturated carbocycles. The number of rotatable bonds is 2. The quantitative estimate of drug-likeness (QED) is 0.433. The molecule has 0 aromatic rings. The molecule has 0 aliphatic carbocycles. The lowest BCUT2D eigenvalue weighted by atomic mass is 10.3. The van der Waals surface area contributed by atoms with Crippen LogP contribution >= 0.6 is 15.9 Å². The van der Waals surface area contributed by atoms with Crippen molar-refractivity contribution < 1.29 is 0 Å². The van der Waals surface area contributed by atoms with E-state index in [4.69, 9.17) is 0 Å². The Labute approximate surface area is 53.7 Å². The highest BCUT2D eigenvalue weighted by Gasteiger charge is 1.78. The summed E-state index contributed by atoms with van der Waals surface area (Å²) in [5.74, 6) is 0. The third-order valence-electron chi connectivity index (χ3n) is 0.763. The minimum Gasteiger partial charge on any atom is -0.0880 e. The van der Waals surface area contributed by atoms with Crippen LogP contribution in [0.15, 0.2) is 11.6 Å². The summed E-state index contributed by atoms with van der Waals surface area (Å²) in [4.78, 5) is 0. The Morgan fingerprint density at radius 3 is 2.43 bits per heavy atom. The van der Waals surface area contributed by atoms with E-state index >= 15 is 0 Å². The normalized spacial score (nSPS) is 12.1. The van der Waals surface area contributed by atoms with Gasteiger partial charge in [-0.15, -0.1) is 0 Å². The molecule has 0 radical (unpaired) electrons. The second kappa shape index (κ2) is 4.38. The van der Waals surface area contributed by atoms with Crippen molar-refractivity contribution in [2.24, 2.45) is 0 Å². The second-order valence-electron chi connectivity index (χ2n) is 1.59. The maximum absolute atomic E-state index is 3.35. The van der Waals surface area contributed by atoms with Crippen molar-refractivity contribution in [3.05, 3.63) is 11.6 Å². The summed E-state index contributed by atoms with van der Waals surface area (Å²) in [6.45, 7) is 4.27. The van der Waals surface area contributed by atoms with E-state index < -0.39 is 0 Å². The molecule has 42 valence electrons. The maximum atomic E-state index is 3.35. The molecule has 1 heteroatoms. The molecule has 0 rings (SSSR count). The number of allylic oxidation sites excluding steroid dienone is 2. The fraction of sp³-hybridized carbons (Fsp3) is 0.667. The molecule has 0 heterocycles. The van der Waals surface area contributed by atoms with E-state index in [0.717, 1.165) is 11.8 Å². The van der Waals surface area contributed by atoms with Crippen molar-refractivity contribution in [2.45, 2.75) is 20.3 Å². The molecule has 0 aromatic carbocycles. The van der Waals surface area contributed by atoms with Gasteiger partial charge < -0.3 is 0 Å². The van der Waals surface area contributed by atoms with Gasteiger partial charge >= 0.3 is 0 Å². The predicted octanol–water partition coefficient (Wildman–Crippen LogP) is 2.74. The fourth-order valence-corrected chi connectivity index (χ4v) is 0.632.